The van der Waals surface area contributed by atoms with E-state index >= 15 is 0 Å². The fraction of sp³-hybridized carbons (Fsp3) is 0.0952. The fourth-order valence-corrected chi connectivity index (χ4v) is 5.20. The van der Waals surface area contributed by atoms with Gasteiger partial charge in [-0.25, -0.2) is 18.4 Å². The first-order valence-electron chi connectivity index (χ1n) is 9.54. The highest BCUT2D eigenvalue weighted by atomic mass is 35.5. The molecule has 0 fully saturated rings. The van der Waals surface area contributed by atoms with Gasteiger partial charge in [-0.3, -0.25) is 9.52 Å². The van der Waals surface area contributed by atoms with E-state index in [1.807, 2.05) is 0 Å². The molecule has 170 valence electrons. The molecular formula is C21H17Cl2N5O4S. The Morgan fingerprint density at radius 2 is 1.94 bits per heavy atom. The molecule has 0 aliphatic carbocycles. The van der Waals surface area contributed by atoms with Gasteiger partial charge in [-0.1, -0.05) is 35.3 Å². The summed E-state index contributed by atoms with van der Waals surface area (Å²) in [7, 11) is -4.04. The summed E-state index contributed by atoms with van der Waals surface area (Å²) in [4.78, 5) is 21.3. The number of nitrogens with two attached hydrogens (primary N) is 1. The summed E-state index contributed by atoms with van der Waals surface area (Å²) in [5.74, 6) is -0.293. The lowest BCUT2D eigenvalue weighted by molar-refractivity contribution is 0.104. The number of rotatable bonds is 7. The zero-order chi connectivity index (χ0) is 23.8. The molecule has 4 aromatic rings. The number of nitrogens with one attached hydrogen (secondary N) is 1. The van der Waals surface area contributed by atoms with Gasteiger partial charge < -0.3 is 15.4 Å². The molecule has 0 saturated heterocycles. The zero-order valence-electron chi connectivity index (χ0n) is 16.9. The van der Waals surface area contributed by atoms with Gasteiger partial charge >= 0.3 is 0 Å². The number of nitrogen functional groups attached to an aromatic ring is 1. The average Bonchev–Trinajstić information content (AvgIpc) is 3.13. The minimum Gasteiger partial charge on any atom is -0.395 e. The van der Waals surface area contributed by atoms with Crippen molar-refractivity contribution >= 4 is 61.5 Å². The minimum absolute atomic E-state index is 0.0330. The summed E-state index contributed by atoms with van der Waals surface area (Å²) in [5, 5.41) is 9.95. The van der Waals surface area contributed by atoms with Gasteiger partial charge in [0.2, 0.25) is 0 Å². The molecule has 2 heterocycles. The van der Waals surface area contributed by atoms with Crippen molar-refractivity contribution in [1.82, 2.24) is 14.5 Å². The molecule has 0 unspecified atom stereocenters. The number of nitrogens with zero attached hydrogens (tertiary/aromatic N) is 3. The Labute approximate surface area is 198 Å². The summed E-state index contributed by atoms with van der Waals surface area (Å²) in [6.07, 6.45) is 2.82. The summed E-state index contributed by atoms with van der Waals surface area (Å²) < 4.78 is 29.6. The molecule has 2 aromatic carbocycles. The van der Waals surface area contributed by atoms with Gasteiger partial charge in [0.15, 0.2) is 5.78 Å². The van der Waals surface area contributed by atoms with Gasteiger partial charge in [-0.15, -0.1) is 0 Å². The van der Waals surface area contributed by atoms with Gasteiger partial charge in [0.1, 0.15) is 22.7 Å². The lowest BCUT2D eigenvalue weighted by Crippen LogP contribution is -2.14. The highest BCUT2D eigenvalue weighted by Gasteiger charge is 2.22. The van der Waals surface area contributed by atoms with Crippen molar-refractivity contribution in [3.8, 4) is 0 Å². The second-order valence-corrected chi connectivity index (χ2v) is 9.50. The maximum absolute atomic E-state index is 13.3. The van der Waals surface area contributed by atoms with Crippen LogP contribution < -0.4 is 10.5 Å². The van der Waals surface area contributed by atoms with Crippen molar-refractivity contribution in [1.29, 1.82) is 0 Å². The molecule has 4 N–H and O–H groups in total. The molecule has 2 aromatic heterocycles. The van der Waals surface area contributed by atoms with Crippen LogP contribution in [0.1, 0.15) is 15.9 Å². The normalized spacial score (nSPS) is 11.6. The second kappa shape index (κ2) is 8.99. The van der Waals surface area contributed by atoms with Gasteiger partial charge in [0.05, 0.1) is 22.6 Å². The van der Waals surface area contributed by atoms with E-state index < -0.39 is 15.8 Å². The summed E-state index contributed by atoms with van der Waals surface area (Å²) in [6, 6.07) is 10.0. The number of benzene rings is 2. The predicted molar refractivity (Wildman–Crippen MR) is 126 cm³/mol. The lowest BCUT2D eigenvalue weighted by Gasteiger charge is -2.11. The third kappa shape index (κ3) is 4.51. The number of aliphatic hydroxyl groups excluding tert-OH is 1. The summed E-state index contributed by atoms with van der Waals surface area (Å²) in [6.45, 7) is 0.0494. The molecule has 4 rings (SSSR count). The monoisotopic (exact) mass is 505 g/mol. The topological polar surface area (TPSA) is 140 Å². The largest absolute Gasteiger partial charge is 0.395 e. The number of carbonyl (C=O) groups excluding carboxylic acids is 1. The molecule has 12 heteroatoms. The van der Waals surface area contributed by atoms with E-state index in [0.717, 1.165) is 0 Å². The predicted octanol–water partition coefficient (Wildman–Crippen LogP) is 3.34. The molecule has 0 amide bonds. The van der Waals surface area contributed by atoms with Crippen molar-refractivity contribution in [3.63, 3.8) is 0 Å². The zero-order valence-corrected chi connectivity index (χ0v) is 19.2. The molecule has 0 aliphatic rings. The number of ketones is 1. The van der Waals surface area contributed by atoms with Crippen LogP contribution in [0, 0.1) is 0 Å². The number of hydrogen-bond acceptors (Lipinski definition) is 7. The standard InChI is InChI=1S/C21H17Cl2N5O4S/c22-13-4-5-17(16(23)9-13)33(31,32)27-14-3-1-2-12(8-14)19(30)15-10-28(6-7-29)21-18(15)20(24)25-11-26-21/h1-5,8-11,27,29H,6-7H2,(H2,24,25,26). The first-order chi connectivity index (χ1) is 15.7. The average molecular weight is 506 g/mol. The maximum atomic E-state index is 13.3. The van der Waals surface area contributed by atoms with Crippen LogP contribution in [-0.2, 0) is 16.6 Å². The number of aliphatic hydroxyl groups is 1. The highest BCUT2D eigenvalue weighted by molar-refractivity contribution is 7.92. The molecule has 33 heavy (non-hydrogen) atoms. The first-order valence-corrected chi connectivity index (χ1v) is 11.8. The van der Waals surface area contributed by atoms with E-state index in [1.165, 1.54) is 36.7 Å². The number of hydrogen-bond donors (Lipinski definition) is 3. The van der Waals surface area contributed by atoms with E-state index in [1.54, 1.807) is 22.9 Å². The number of fused-ring (bicyclic) bond motifs is 1. The lowest BCUT2D eigenvalue weighted by atomic mass is 10.0. The van der Waals surface area contributed by atoms with Crippen molar-refractivity contribution in [2.45, 2.75) is 11.4 Å². The Kier molecular flexibility index (Phi) is 6.26. The highest BCUT2D eigenvalue weighted by Crippen LogP contribution is 2.29. The Morgan fingerprint density at radius 3 is 2.67 bits per heavy atom. The SMILES string of the molecule is Nc1ncnc2c1c(C(=O)c1cccc(NS(=O)(=O)c3ccc(Cl)cc3Cl)c1)cn2CCO. The van der Waals surface area contributed by atoms with Crippen molar-refractivity contribution < 1.29 is 18.3 Å². The Bertz CT molecular complexity index is 1490. The Hall–Kier alpha value is -3.18. The molecule has 0 bridgehead atoms. The van der Waals surface area contributed by atoms with E-state index in [9.17, 15) is 18.3 Å². The fourth-order valence-electron chi connectivity index (χ4n) is 3.38. The summed E-state index contributed by atoms with van der Waals surface area (Å²) in [5.41, 5.74) is 7.01. The van der Waals surface area contributed by atoms with Crippen LogP contribution in [0.3, 0.4) is 0 Å². The van der Waals surface area contributed by atoms with Crippen molar-refractivity contribution in [2.24, 2.45) is 0 Å². The van der Waals surface area contributed by atoms with Crippen LogP contribution in [-0.4, -0.2) is 40.4 Å². The van der Waals surface area contributed by atoms with Crippen molar-refractivity contribution in [3.05, 3.63) is 76.2 Å². The molecular weight excluding hydrogens is 489 g/mol. The second-order valence-electron chi connectivity index (χ2n) is 7.01. The molecule has 0 spiro atoms. The van der Waals surface area contributed by atoms with Crippen molar-refractivity contribution in [2.75, 3.05) is 17.1 Å². The van der Waals surface area contributed by atoms with Crippen LogP contribution in [0.25, 0.3) is 11.0 Å². The number of aromatic nitrogens is 3. The number of sulfonamides is 1. The number of halogens is 2. The minimum atomic E-state index is -4.04. The molecule has 0 radical (unpaired) electrons. The Morgan fingerprint density at radius 1 is 1.15 bits per heavy atom. The van der Waals surface area contributed by atoms with Crippen LogP contribution in [0.4, 0.5) is 11.5 Å². The Balaban J connectivity index is 1.71. The quantitative estimate of drug-likeness (QED) is 0.327. The third-order valence-electron chi connectivity index (χ3n) is 4.83. The van der Waals surface area contributed by atoms with E-state index in [0.29, 0.717) is 16.1 Å². The van der Waals surface area contributed by atoms with E-state index in [4.69, 9.17) is 28.9 Å². The number of anilines is 2. The molecule has 0 aliphatic heterocycles. The smallest absolute Gasteiger partial charge is 0.263 e. The van der Waals surface area contributed by atoms with E-state index in [-0.39, 0.29) is 45.7 Å². The summed E-state index contributed by atoms with van der Waals surface area (Å²) >= 11 is 11.9. The van der Waals surface area contributed by atoms with Gasteiger partial charge in [-0.2, -0.15) is 0 Å². The van der Waals surface area contributed by atoms with Crippen LogP contribution in [0.5, 0.6) is 0 Å². The molecule has 0 saturated carbocycles. The number of carbonyl (C=O) groups is 1. The molecule has 9 nitrogen and oxygen atoms in total. The maximum Gasteiger partial charge on any atom is 0.263 e. The van der Waals surface area contributed by atoms with Crippen LogP contribution in [0.2, 0.25) is 10.0 Å². The molecule has 0 atom stereocenters. The van der Waals surface area contributed by atoms with Gasteiger partial charge in [0.25, 0.3) is 10.0 Å². The van der Waals surface area contributed by atoms with Crippen LogP contribution >= 0.6 is 23.2 Å². The van der Waals surface area contributed by atoms with Gasteiger partial charge in [-0.05, 0) is 30.3 Å². The third-order valence-corrected chi connectivity index (χ3v) is 6.93. The van der Waals surface area contributed by atoms with Gasteiger partial charge in [0, 0.05) is 29.0 Å². The van der Waals surface area contributed by atoms with E-state index in [2.05, 4.69) is 14.7 Å². The van der Waals surface area contributed by atoms with Crippen LogP contribution in [0.15, 0.2) is 59.9 Å². The first kappa shape index (κ1) is 23.0.